The minimum absolute atomic E-state index is 0.0915. The average Bonchev–Trinajstić information content (AvgIpc) is 2.61. The highest BCUT2D eigenvalue weighted by molar-refractivity contribution is 7.15. The van der Waals surface area contributed by atoms with Crippen molar-refractivity contribution in [1.82, 2.24) is 15.5 Å². The molecular weight excluding hydrogens is 236 g/mol. The third kappa shape index (κ3) is 2.41. The topological polar surface area (TPSA) is 80.9 Å². The summed E-state index contributed by atoms with van der Waals surface area (Å²) < 4.78 is 0. The van der Waals surface area contributed by atoms with Crippen LogP contribution in [0.2, 0.25) is 0 Å². The predicted octanol–water partition coefficient (Wildman–Crippen LogP) is 1.52. The van der Waals surface area contributed by atoms with Gasteiger partial charge in [0.25, 0.3) is 0 Å². The van der Waals surface area contributed by atoms with Crippen molar-refractivity contribution in [1.29, 1.82) is 0 Å². The standard InChI is InChI=1S/C11H18N4OS/c1-10(2)5-6(10)7(16)13-11(3,4)8-14-15-9(12)17-8/h6H,5H2,1-4H3,(H2,12,15)(H,13,16)/t6-/m0/s1. The number of rotatable bonds is 3. The molecule has 1 fully saturated rings. The maximum atomic E-state index is 12.0. The zero-order valence-electron chi connectivity index (χ0n) is 10.6. The Labute approximate surface area is 105 Å². The smallest absolute Gasteiger partial charge is 0.224 e. The lowest BCUT2D eigenvalue weighted by molar-refractivity contribution is -0.124. The number of aromatic nitrogens is 2. The molecule has 1 atom stereocenters. The van der Waals surface area contributed by atoms with Crippen LogP contribution in [0.1, 0.15) is 39.1 Å². The lowest BCUT2D eigenvalue weighted by atomic mass is 10.0. The van der Waals surface area contributed by atoms with E-state index in [1.807, 2.05) is 13.8 Å². The summed E-state index contributed by atoms with van der Waals surface area (Å²) in [5.74, 6) is 0.209. The molecule has 0 saturated heterocycles. The number of nitrogens with zero attached hydrogens (tertiary/aromatic N) is 2. The summed E-state index contributed by atoms with van der Waals surface area (Å²) in [6.07, 6.45) is 0.952. The first-order valence-electron chi connectivity index (χ1n) is 5.64. The van der Waals surface area contributed by atoms with Gasteiger partial charge in [-0.2, -0.15) is 0 Å². The van der Waals surface area contributed by atoms with Gasteiger partial charge in [0.15, 0.2) is 0 Å². The van der Waals surface area contributed by atoms with Gasteiger partial charge in [0.2, 0.25) is 11.0 Å². The summed E-state index contributed by atoms with van der Waals surface area (Å²) >= 11 is 1.31. The highest BCUT2D eigenvalue weighted by Gasteiger charge is 2.51. The van der Waals surface area contributed by atoms with Crippen LogP contribution in [0.25, 0.3) is 0 Å². The molecule has 0 unspecified atom stereocenters. The number of amides is 1. The molecule has 1 aliphatic carbocycles. The van der Waals surface area contributed by atoms with Crippen molar-refractivity contribution >= 4 is 22.4 Å². The number of nitrogen functional groups attached to an aromatic ring is 1. The Morgan fingerprint density at radius 1 is 1.53 bits per heavy atom. The molecular formula is C11H18N4OS. The maximum absolute atomic E-state index is 12.0. The van der Waals surface area contributed by atoms with E-state index in [2.05, 4.69) is 29.4 Å². The molecule has 6 heteroatoms. The van der Waals surface area contributed by atoms with Crippen LogP contribution in [0.3, 0.4) is 0 Å². The fourth-order valence-electron chi connectivity index (χ4n) is 1.85. The predicted molar refractivity (Wildman–Crippen MR) is 67.4 cm³/mol. The Kier molecular flexibility index (Phi) is 2.65. The number of carbonyl (C=O) groups excluding carboxylic acids is 1. The molecule has 0 aromatic carbocycles. The Morgan fingerprint density at radius 2 is 2.12 bits per heavy atom. The van der Waals surface area contributed by atoms with Gasteiger partial charge in [-0.3, -0.25) is 4.79 Å². The number of carbonyl (C=O) groups is 1. The van der Waals surface area contributed by atoms with E-state index in [-0.39, 0.29) is 17.2 Å². The zero-order valence-corrected chi connectivity index (χ0v) is 11.4. The van der Waals surface area contributed by atoms with Crippen LogP contribution >= 0.6 is 11.3 Å². The van der Waals surface area contributed by atoms with Crippen molar-refractivity contribution in [3.8, 4) is 0 Å². The van der Waals surface area contributed by atoms with Crippen molar-refractivity contribution in [3.05, 3.63) is 5.01 Å². The molecule has 5 nitrogen and oxygen atoms in total. The third-order valence-electron chi connectivity index (χ3n) is 3.24. The Balaban J connectivity index is 2.05. The summed E-state index contributed by atoms with van der Waals surface area (Å²) in [6, 6.07) is 0. The van der Waals surface area contributed by atoms with Crippen LogP contribution in [0.4, 0.5) is 5.13 Å². The van der Waals surface area contributed by atoms with Gasteiger partial charge in [0.1, 0.15) is 5.01 Å². The first kappa shape index (κ1) is 12.3. The quantitative estimate of drug-likeness (QED) is 0.857. The van der Waals surface area contributed by atoms with Crippen LogP contribution in [0.15, 0.2) is 0 Å². The molecule has 2 rings (SSSR count). The number of nitrogens with one attached hydrogen (secondary N) is 1. The molecule has 1 aromatic rings. The minimum Gasteiger partial charge on any atom is -0.374 e. The molecule has 1 saturated carbocycles. The first-order valence-corrected chi connectivity index (χ1v) is 6.45. The monoisotopic (exact) mass is 254 g/mol. The molecule has 17 heavy (non-hydrogen) atoms. The normalized spacial score (nSPS) is 22.2. The van der Waals surface area contributed by atoms with Crippen molar-refractivity contribution in [2.24, 2.45) is 11.3 Å². The van der Waals surface area contributed by atoms with Crippen LogP contribution in [-0.4, -0.2) is 16.1 Å². The van der Waals surface area contributed by atoms with Gasteiger partial charge < -0.3 is 11.1 Å². The van der Waals surface area contributed by atoms with E-state index in [1.165, 1.54) is 11.3 Å². The zero-order chi connectivity index (χ0) is 12.8. The first-order chi connectivity index (χ1) is 7.72. The van der Waals surface area contributed by atoms with E-state index < -0.39 is 5.54 Å². The van der Waals surface area contributed by atoms with Crippen molar-refractivity contribution in [2.75, 3.05) is 5.73 Å². The number of nitrogens with two attached hydrogens (primary N) is 1. The molecule has 3 N–H and O–H groups in total. The lowest BCUT2D eigenvalue weighted by Crippen LogP contribution is -2.42. The van der Waals surface area contributed by atoms with E-state index in [4.69, 9.17) is 5.73 Å². The van der Waals surface area contributed by atoms with E-state index >= 15 is 0 Å². The third-order valence-corrected chi connectivity index (χ3v) is 4.32. The molecule has 94 valence electrons. The van der Waals surface area contributed by atoms with Crippen molar-refractivity contribution in [2.45, 2.75) is 39.7 Å². The Bertz CT molecular complexity index is 452. The van der Waals surface area contributed by atoms with Gasteiger partial charge in [-0.25, -0.2) is 0 Å². The molecule has 1 aromatic heterocycles. The second kappa shape index (κ2) is 3.66. The highest BCUT2D eigenvalue weighted by atomic mass is 32.1. The highest BCUT2D eigenvalue weighted by Crippen LogP contribution is 2.51. The Hall–Kier alpha value is -1.17. The SMILES string of the molecule is CC(C)(NC(=O)[C@@H]1CC1(C)C)c1nnc(N)s1. The van der Waals surface area contributed by atoms with Gasteiger partial charge in [-0.15, -0.1) is 10.2 Å². The summed E-state index contributed by atoms with van der Waals surface area (Å²) in [7, 11) is 0. The van der Waals surface area contributed by atoms with Crippen LogP contribution in [0.5, 0.6) is 0 Å². The van der Waals surface area contributed by atoms with Crippen LogP contribution in [0, 0.1) is 11.3 Å². The lowest BCUT2D eigenvalue weighted by Gasteiger charge is -2.23. The summed E-state index contributed by atoms with van der Waals surface area (Å²) in [6.45, 7) is 8.04. The van der Waals surface area contributed by atoms with Gasteiger partial charge in [-0.05, 0) is 25.7 Å². The minimum atomic E-state index is -0.509. The van der Waals surface area contributed by atoms with Crippen molar-refractivity contribution < 1.29 is 4.79 Å². The fraction of sp³-hybridized carbons (Fsp3) is 0.727. The average molecular weight is 254 g/mol. The van der Waals surface area contributed by atoms with Gasteiger partial charge in [-0.1, -0.05) is 25.2 Å². The summed E-state index contributed by atoms with van der Waals surface area (Å²) in [5, 5.41) is 11.9. The molecule has 0 bridgehead atoms. The largest absolute Gasteiger partial charge is 0.374 e. The van der Waals surface area contributed by atoms with Gasteiger partial charge in [0.05, 0.1) is 5.54 Å². The number of hydrogen-bond donors (Lipinski definition) is 2. The Morgan fingerprint density at radius 3 is 2.53 bits per heavy atom. The van der Waals surface area contributed by atoms with Crippen LogP contribution < -0.4 is 11.1 Å². The summed E-state index contributed by atoms with van der Waals surface area (Å²) in [4.78, 5) is 12.0. The molecule has 0 radical (unpaired) electrons. The molecule has 1 aliphatic rings. The fourth-order valence-corrected chi connectivity index (χ4v) is 2.52. The van der Waals surface area contributed by atoms with Crippen LogP contribution in [-0.2, 0) is 10.3 Å². The molecule has 0 spiro atoms. The van der Waals surface area contributed by atoms with E-state index in [1.54, 1.807) is 0 Å². The molecule has 1 amide bonds. The molecule has 1 heterocycles. The second-order valence-electron chi connectivity index (χ2n) is 5.80. The molecule has 0 aliphatic heterocycles. The van der Waals surface area contributed by atoms with E-state index in [0.29, 0.717) is 5.13 Å². The van der Waals surface area contributed by atoms with Gasteiger partial charge >= 0.3 is 0 Å². The number of anilines is 1. The van der Waals surface area contributed by atoms with E-state index in [0.717, 1.165) is 11.4 Å². The number of hydrogen-bond acceptors (Lipinski definition) is 5. The second-order valence-corrected chi connectivity index (χ2v) is 6.81. The van der Waals surface area contributed by atoms with E-state index in [9.17, 15) is 4.79 Å². The maximum Gasteiger partial charge on any atom is 0.224 e. The van der Waals surface area contributed by atoms with Crippen molar-refractivity contribution in [3.63, 3.8) is 0 Å². The van der Waals surface area contributed by atoms with Gasteiger partial charge in [0, 0.05) is 5.92 Å². The summed E-state index contributed by atoms with van der Waals surface area (Å²) in [5.41, 5.74) is 5.18.